The van der Waals surface area contributed by atoms with E-state index in [9.17, 15) is 0 Å². The lowest BCUT2D eigenvalue weighted by molar-refractivity contribution is -0.00851. The Morgan fingerprint density at radius 3 is 2.88 bits per heavy atom. The SMILES string of the molecule is CCNCC(C)CN1CCC(C)C(OC)C1. The van der Waals surface area contributed by atoms with E-state index in [1.807, 2.05) is 7.11 Å². The zero-order valence-electron chi connectivity index (χ0n) is 11.3. The molecule has 0 aliphatic carbocycles. The van der Waals surface area contributed by atoms with E-state index in [0.717, 1.165) is 25.6 Å². The molecule has 0 radical (unpaired) electrons. The number of likely N-dealkylation sites (tertiary alicyclic amines) is 1. The molecule has 0 aromatic heterocycles. The fourth-order valence-corrected chi connectivity index (χ4v) is 2.47. The molecule has 1 rings (SSSR count). The Kier molecular flexibility index (Phi) is 6.32. The van der Waals surface area contributed by atoms with Crippen LogP contribution in [0.15, 0.2) is 0 Å². The average Bonchev–Trinajstić information content (AvgIpc) is 2.29. The molecule has 0 aromatic rings. The minimum atomic E-state index is 0.431. The van der Waals surface area contributed by atoms with Crippen LogP contribution in [0, 0.1) is 11.8 Å². The summed E-state index contributed by atoms with van der Waals surface area (Å²) in [4.78, 5) is 2.55. The summed E-state index contributed by atoms with van der Waals surface area (Å²) >= 11 is 0. The van der Waals surface area contributed by atoms with Gasteiger partial charge in [-0.15, -0.1) is 0 Å². The van der Waals surface area contributed by atoms with Gasteiger partial charge in [-0.1, -0.05) is 20.8 Å². The van der Waals surface area contributed by atoms with E-state index in [-0.39, 0.29) is 0 Å². The summed E-state index contributed by atoms with van der Waals surface area (Å²) in [7, 11) is 1.84. The molecular weight excluding hydrogens is 200 g/mol. The smallest absolute Gasteiger partial charge is 0.0724 e. The molecular formula is C13H28N2O. The molecule has 1 aliphatic heterocycles. The summed E-state index contributed by atoms with van der Waals surface area (Å²) < 4.78 is 5.54. The summed E-state index contributed by atoms with van der Waals surface area (Å²) in [6.45, 7) is 12.5. The zero-order valence-corrected chi connectivity index (χ0v) is 11.3. The average molecular weight is 228 g/mol. The maximum absolute atomic E-state index is 5.54. The van der Waals surface area contributed by atoms with Crippen molar-refractivity contribution >= 4 is 0 Å². The molecule has 96 valence electrons. The van der Waals surface area contributed by atoms with Gasteiger partial charge in [-0.3, -0.25) is 0 Å². The zero-order chi connectivity index (χ0) is 12.0. The van der Waals surface area contributed by atoms with E-state index in [1.165, 1.54) is 19.5 Å². The Bertz CT molecular complexity index is 187. The Labute approximate surface area is 101 Å². The van der Waals surface area contributed by atoms with E-state index in [1.54, 1.807) is 0 Å². The largest absolute Gasteiger partial charge is 0.380 e. The summed E-state index contributed by atoms with van der Waals surface area (Å²) in [5.41, 5.74) is 0. The molecule has 3 nitrogen and oxygen atoms in total. The van der Waals surface area contributed by atoms with Gasteiger partial charge >= 0.3 is 0 Å². The number of rotatable bonds is 6. The maximum Gasteiger partial charge on any atom is 0.0724 e. The normalized spacial score (nSPS) is 29.2. The highest BCUT2D eigenvalue weighted by Crippen LogP contribution is 2.19. The predicted molar refractivity (Wildman–Crippen MR) is 68.7 cm³/mol. The third-order valence-corrected chi connectivity index (χ3v) is 3.59. The third kappa shape index (κ3) is 4.40. The van der Waals surface area contributed by atoms with Crippen LogP contribution >= 0.6 is 0 Å². The molecule has 0 amide bonds. The van der Waals surface area contributed by atoms with Crippen LogP contribution in [-0.2, 0) is 4.74 Å². The minimum Gasteiger partial charge on any atom is -0.380 e. The molecule has 16 heavy (non-hydrogen) atoms. The van der Waals surface area contributed by atoms with Gasteiger partial charge in [0.1, 0.15) is 0 Å². The molecule has 3 atom stereocenters. The standard InChI is InChI=1S/C13H28N2O/c1-5-14-8-11(2)9-15-7-6-12(3)13(10-15)16-4/h11-14H,5-10H2,1-4H3. The van der Waals surface area contributed by atoms with Crippen molar-refractivity contribution in [1.29, 1.82) is 0 Å². The van der Waals surface area contributed by atoms with E-state index in [4.69, 9.17) is 4.74 Å². The molecule has 3 unspecified atom stereocenters. The topological polar surface area (TPSA) is 24.5 Å². The van der Waals surface area contributed by atoms with Gasteiger partial charge in [0.25, 0.3) is 0 Å². The van der Waals surface area contributed by atoms with Crippen molar-refractivity contribution in [2.24, 2.45) is 11.8 Å². The van der Waals surface area contributed by atoms with Gasteiger partial charge in [0.05, 0.1) is 6.10 Å². The lowest BCUT2D eigenvalue weighted by atomic mass is 9.95. The van der Waals surface area contributed by atoms with Crippen LogP contribution in [-0.4, -0.2) is 50.8 Å². The Hall–Kier alpha value is -0.120. The lowest BCUT2D eigenvalue weighted by Gasteiger charge is -2.37. The molecule has 1 N–H and O–H groups in total. The number of hydrogen-bond donors (Lipinski definition) is 1. The molecule has 0 bridgehead atoms. The summed E-state index contributed by atoms with van der Waals surface area (Å²) in [5, 5.41) is 3.41. The number of nitrogens with one attached hydrogen (secondary N) is 1. The van der Waals surface area contributed by atoms with Crippen LogP contribution < -0.4 is 5.32 Å². The van der Waals surface area contributed by atoms with Crippen molar-refractivity contribution in [3.05, 3.63) is 0 Å². The molecule has 1 heterocycles. The van der Waals surface area contributed by atoms with Gasteiger partial charge in [0.15, 0.2) is 0 Å². The van der Waals surface area contributed by atoms with Crippen molar-refractivity contribution in [1.82, 2.24) is 10.2 Å². The second-order valence-corrected chi connectivity index (χ2v) is 5.21. The van der Waals surface area contributed by atoms with Crippen LogP contribution in [0.4, 0.5) is 0 Å². The van der Waals surface area contributed by atoms with Gasteiger partial charge in [-0.2, -0.15) is 0 Å². The van der Waals surface area contributed by atoms with Gasteiger partial charge in [-0.25, -0.2) is 0 Å². The summed E-state index contributed by atoms with van der Waals surface area (Å²) in [5.74, 6) is 1.44. The first kappa shape index (κ1) is 13.9. The minimum absolute atomic E-state index is 0.431. The van der Waals surface area contributed by atoms with E-state index < -0.39 is 0 Å². The Morgan fingerprint density at radius 2 is 2.25 bits per heavy atom. The van der Waals surface area contributed by atoms with Gasteiger partial charge < -0.3 is 15.0 Å². The van der Waals surface area contributed by atoms with E-state index in [2.05, 4.69) is 31.0 Å². The fraction of sp³-hybridized carbons (Fsp3) is 1.00. The third-order valence-electron chi connectivity index (χ3n) is 3.59. The molecule has 3 heteroatoms. The number of nitrogens with zero attached hydrogens (tertiary/aromatic N) is 1. The van der Waals surface area contributed by atoms with Crippen LogP contribution in [0.1, 0.15) is 27.2 Å². The second-order valence-electron chi connectivity index (χ2n) is 5.21. The van der Waals surface area contributed by atoms with Crippen molar-refractivity contribution in [3.63, 3.8) is 0 Å². The lowest BCUT2D eigenvalue weighted by Crippen LogP contribution is -2.46. The summed E-state index contributed by atoms with van der Waals surface area (Å²) in [6.07, 6.45) is 1.70. The van der Waals surface area contributed by atoms with Crippen LogP contribution in [0.25, 0.3) is 0 Å². The van der Waals surface area contributed by atoms with Crippen molar-refractivity contribution < 1.29 is 4.74 Å². The predicted octanol–water partition coefficient (Wildman–Crippen LogP) is 1.59. The Morgan fingerprint density at radius 1 is 1.50 bits per heavy atom. The highest BCUT2D eigenvalue weighted by molar-refractivity contribution is 4.79. The first-order valence-electron chi connectivity index (χ1n) is 6.63. The summed E-state index contributed by atoms with van der Waals surface area (Å²) in [6, 6.07) is 0. The fourth-order valence-electron chi connectivity index (χ4n) is 2.47. The van der Waals surface area contributed by atoms with Gasteiger partial charge in [0.2, 0.25) is 0 Å². The molecule has 0 saturated carbocycles. The number of piperidine rings is 1. The van der Waals surface area contributed by atoms with Crippen LogP contribution in [0.2, 0.25) is 0 Å². The number of hydrogen-bond acceptors (Lipinski definition) is 3. The molecule has 0 spiro atoms. The molecule has 0 aromatic carbocycles. The number of ether oxygens (including phenoxy) is 1. The van der Waals surface area contributed by atoms with Crippen molar-refractivity contribution in [2.45, 2.75) is 33.3 Å². The number of methoxy groups -OCH3 is 1. The quantitative estimate of drug-likeness (QED) is 0.747. The molecule has 1 aliphatic rings. The van der Waals surface area contributed by atoms with Crippen molar-refractivity contribution in [2.75, 3.05) is 39.8 Å². The second kappa shape index (κ2) is 7.25. The monoisotopic (exact) mass is 228 g/mol. The van der Waals surface area contributed by atoms with Gasteiger partial charge in [0, 0.05) is 20.2 Å². The van der Waals surface area contributed by atoms with Crippen molar-refractivity contribution in [3.8, 4) is 0 Å². The van der Waals surface area contributed by atoms with E-state index in [0.29, 0.717) is 12.0 Å². The Balaban J connectivity index is 2.27. The maximum atomic E-state index is 5.54. The highest BCUT2D eigenvalue weighted by Gasteiger charge is 2.26. The molecule has 1 fully saturated rings. The van der Waals surface area contributed by atoms with Crippen LogP contribution in [0.3, 0.4) is 0 Å². The highest BCUT2D eigenvalue weighted by atomic mass is 16.5. The first-order valence-corrected chi connectivity index (χ1v) is 6.63. The first-order chi connectivity index (χ1) is 7.67. The van der Waals surface area contributed by atoms with Crippen LogP contribution in [0.5, 0.6) is 0 Å². The molecule has 1 saturated heterocycles. The van der Waals surface area contributed by atoms with Gasteiger partial charge in [-0.05, 0) is 37.9 Å². The van der Waals surface area contributed by atoms with E-state index >= 15 is 0 Å².